The normalized spacial score (nSPS) is 14.0. The fraction of sp³-hybridized carbons (Fsp3) is 0.219. The molecule has 1 fully saturated rings. The van der Waals surface area contributed by atoms with E-state index in [1.165, 1.54) is 12.1 Å². The Kier molecular flexibility index (Phi) is 8.62. The average molecular weight is 622 g/mol. The first-order chi connectivity index (χ1) is 21.7. The number of aromatic nitrogens is 2. The molecule has 1 saturated heterocycles. The van der Waals surface area contributed by atoms with Gasteiger partial charge >= 0.3 is 12.2 Å². The molecule has 2 amide bonds. The number of fused-ring (bicyclic) bond motifs is 1. The second-order valence-electron chi connectivity index (χ2n) is 10.2. The van der Waals surface area contributed by atoms with Crippen LogP contribution in [0.5, 0.6) is 5.75 Å². The molecule has 3 heterocycles. The van der Waals surface area contributed by atoms with Gasteiger partial charge in [-0.3, -0.25) is 4.90 Å². The summed E-state index contributed by atoms with van der Waals surface area (Å²) in [6.45, 7) is 4.70. The summed E-state index contributed by atoms with van der Waals surface area (Å²) in [5.74, 6) is 0.0719. The van der Waals surface area contributed by atoms with Crippen molar-refractivity contribution in [1.29, 1.82) is 0 Å². The Morgan fingerprint density at radius 1 is 0.911 bits per heavy atom. The quantitative estimate of drug-likeness (QED) is 0.179. The molecule has 0 unspecified atom stereocenters. The van der Waals surface area contributed by atoms with E-state index >= 15 is 0 Å². The van der Waals surface area contributed by atoms with E-state index in [-0.39, 0.29) is 28.5 Å². The Balaban J connectivity index is 1.11. The molecule has 6 rings (SSSR count). The second kappa shape index (κ2) is 12.9. The number of anilines is 2. The van der Waals surface area contributed by atoms with Gasteiger partial charge in [0.1, 0.15) is 18.2 Å². The number of carbonyl (C=O) groups excluding carboxylic acids is 1. The second-order valence-corrected chi connectivity index (χ2v) is 10.2. The predicted molar refractivity (Wildman–Crippen MR) is 159 cm³/mol. The van der Waals surface area contributed by atoms with Crippen molar-refractivity contribution in [2.45, 2.75) is 6.18 Å². The molecule has 3 aromatic carbocycles. The van der Waals surface area contributed by atoms with Gasteiger partial charge in [0.05, 0.1) is 24.3 Å². The fourth-order valence-corrected chi connectivity index (χ4v) is 4.76. The molecule has 13 heteroatoms. The first kappa shape index (κ1) is 30.0. The molecule has 0 atom stereocenters. The van der Waals surface area contributed by atoms with Crippen molar-refractivity contribution < 1.29 is 36.2 Å². The molecule has 9 nitrogen and oxygen atoms in total. The molecule has 0 radical (unpaired) electrons. The molecule has 0 saturated carbocycles. The van der Waals surface area contributed by atoms with Crippen molar-refractivity contribution in [2.24, 2.45) is 0 Å². The van der Waals surface area contributed by atoms with E-state index in [1.54, 1.807) is 12.3 Å². The summed E-state index contributed by atoms with van der Waals surface area (Å²) in [7, 11) is 0. The van der Waals surface area contributed by atoms with Crippen molar-refractivity contribution in [2.75, 3.05) is 50.1 Å². The number of ether oxygens (including phenoxy) is 2. The third-order valence-corrected chi connectivity index (χ3v) is 7.14. The largest absolute Gasteiger partial charge is 0.492 e. The molecular weight excluding hydrogens is 594 g/mol. The lowest BCUT2D eigenvalue weighted by Crippen LogP contribution is -2.38. The number of pyridine rings is 1. The highest BCUT2D eigenvalue weighted by molar-refractivity contribution is 6.00. The van der Waals surface area contributed by atoms with Crippen LogP contribution in [-0.4, -0.2) is 60.4 Å². The van der Waals surface area contributed by atoms with Gasteiger partial charge in [-0.25, -0.2) is 14.2 Å². The minimum absolute atomic E-state index is 0.0135. The number of halogens is 4. The molecule has 232 valence electrons. The molecule has 0 bridgehead atoms. The summed E-state index contributed by atoms with van der Waals surface area (Å²) in [6, 6.07) is 16.4. The summed E-state index contributed by atoms with van der Waals surface area (Å²) in [4.78, 5) is 23.4. The lowest BCUT2D eigenvalue weighted by atomic mass is 10.1. The van der Waals surface area contributed by atoms with E-state index < -0.39 is 23.6 Å². The highest BCUT2D eigenvalue weighted by Crippen LogP contribution is 2.32. The number of rotatable bonds is 8. The number of nitrogens with zero attached hydrogens (tertiary/aromatic N) is 3. The summed E-state index contributed by atoms with van der Waals surface area (Å²) >= 11 is 0. The number of hydrogen-bond acceptors (Lipinski definition) is 7. The smallest absolute Gasteiger partial charge is 0.416 e. The minimum Gasteiger partial charge on any atom is -0.492 e. The molecule has 0 aliphatic carbocycles. The van der Waals surface area contributed by atoms with Crippen LogP contribution in [0.3, 0.4) is 0 Å². The number of urea groups is 1. The number of morpholine rings is 1. The van der Waals surface area contributed by atoms with Gasteiger partial charge in [-0.2, -0.15) is 18.2 Å². The van der Waals surface area contributed by atoms with Gasteiger partial charge in [0.2, 0.25) is 5.89 Å². The maximum Gasteiger partial charge on any atom is 0.416 e. The van der Waals surface area contributed by atoms with E-state index in [0.717, 1.165) is 80.1 Å². The standard InChI is InChI=1S/C32H27F4N5O4/c33-27-10-7-24(39-31(42)38-23-5-3-22(4-6-23)32(34,35)36)18-26(27)30-40-29-28(45-30)17-21(19-37-29)20-1-8-25(9-2-20)44-16-13-41-11-14-43-15-12-41/h1-10,17-19H,11-16H2,(H2,38,39,42). The Labute approximate surface area is 254 Å². The molecule has 0 spiro atoms. The molecule has 1 aliphatic heterocycles. The average Bonchev–Trinajstić information content (AvgIpc) is 3.46. The van der Waals surface area contributed by atoms with E-state index in [9.17, 15) is 22.4 Å². The maximum atomic E-state index is 14.8. The van der Waals surface area contributed by atoms with Gasteiger partial charge in [0.25, 0.3) is 0 Å². The summed E-state index contributed by atoms with van der Waals surface area (Å²) in [5, 5.41) is 4.97. The Morgan fingerprint density at radius 3 is 2.36 bits per heavy atom. The van der Waals surface area contributed by atoms with Gasteiger partial charge < -0.3 is 24.5 Å². The highest BCUT2D eigenvalue weighted by Gasteiger charge is 2.30. The maximum absolute atomic E-state index is 14.8. The first-order valence-corrected chi connectivity index (χ1v) is 14.1. The van der Waals surface area contributed by atoms with Crippen molar-refractivity contribution in [1.82, 2.24) is 14.9 Å². The van der Waals surface area contributed by atoms with Crippen LogP contribution in [0, 0.1) is 5.82 Å². The zero-order valence-electron chi connectivity index (χ0n) is 23.7. The van der Waals surface area contributed by atoms with Crippen molar-refractivity contribution in [3.8, 4) is 28.3 Å². The zero-order valence-corrected chi connectivity index (χ0v) is 23.7. The van der Waals surface area contributed by atoms with Crippen molar-refractivity contribution in [3.63, 3.8) is 0 Å². The number of hydrogen-bond donors (Lipinski definition) is 2. The monoisotopic (exact) mass is 621 g/mol. The number of benzene rings is 3. The number of oxazole rings is 1. The molecule has 2 aromatic heterocycles. The first-order valence-electron chi connectivity index (χ1n) is 14.1. The summed E-state index contributed by atoms with van der Waals surface area (Å²) in [5.41, 5.74) is 1.75. The van der Waals surface area contributed by atoms with Gasteiger partial charge in [0, 0.05) is 42.8 Å². The Morgan fingerprint density at radius 2 is 1.62 bits per heavy atom. The third-order valence-electron chi connectivity index (χ3n) is 7.14. The van der Waals surface area contributed by atoms with E-state index in [0.29, 0.717) is 12.2 Å². The summed E-state index contributed by atoms with van der Waals surface area (Å²) in [6.07, 6.45) is -2.85. The van der Waals surface area contributed by atoms with Gasteiger partial charge in [-0.05, 0) is 66.2 Å². The van der Waals surface area contributed by atoms with Gasteiger partial charge in [-0.1, -0.05) is 12.1 Å². The highest BCUT2D eigenvalue weighted by atomic mass is 19.4. The number of amides is 2. The van der Waals surface area contributed by atoms with Gasteiger partial charge in [-0.15, -0.1) is 0 Å². The Bertz CT molecular complexity index is 1790. The van der Waals surface area contributed by atoms with Crippen LogP contribution >= 0.6 is 0 Å². The van der Waals surface area contributed by atoms with Crippen LogP contribution in [0.25, 0.3) is 33.8 Å². The van der Waals surface area contributed by atoms with E-state index in [4.69, 9.17) is 13.9 Å². The minimum atomic E-state index is -4.49. The number of nitrogens with one attached hydrogen (secondary N) is 2. The number of carbonyl (C=O) groups is 1. The lowest BCUT2D eigenvalue weighted by Gasteiger charge is -2.26. The molecule has 1 aliphatic rings. The van der Waals surface area contributed by atoms with Crippen molar-refractivity contribution >= 4 is 28.6 Å². The van der Waals surface area contributed by atoms with Crippen LogP contribution < -0.4 is 15.4 Å². The van der Waals surface area contributed by atoms with Gasteiger partial charge in [0.15, 0.2) is 11.2 Å². The van der Waals surface area contributed by atoms with E-state index in [2.05, 4.69) is 25.5 Å². The SMILES string of the molecule is O=C(Nc1ccc(C(F)(F)F)cc1)Nc1ccc(F)c(-c2nc3ncc(-c4ccc(OCCN5CCOCC5)cc4)cc3o2)c1. The van der Waals surface area contributed by atoms with Crippen LogP contribution in [0.2, 0.25) is 0 Å². The van der Waals surface area contributed by atoms with Crippen molar-refractivity contribution in [3.05, 3.63) is 90.4 Å². The van der Waals surface area contributed by atoms with Crippen LogP contribution in [0.15, 0.2) is 83.4 Å². The molecule has 45 heavy (non-hydrogen) atoms. The van der Waals surface area contributed by atoms with E-state index in [1.807, 2.05) is 24.3 Å². The summed E-state index contributed by atoms with van der Waals surface area (Å²) < 4.78 is 70.3. The third kappa shape index (κ3) is 7.39. The lowest BCUT2D eigenvalue weighted by molar-refractivity contribution is -0.137. The molecular formula is C32H27F4N5O4. The Hall–Kier alpha value is -5.01. The van der Waals surface area contributed by atoms with Crippen LogP contribution in [0.4, 0.5) is 33.7 Å². The van der Waals surface area contributed by atoms with Crippen LogP contribution in [-0.2, 0) is 10.9 Å². The zero-order chi connectivity index (χ0) is 31.4. The fourth-order valence-electron chi connectivity index (χ4n) is 4.76. The number of alkyl halides is 3. The predicted octanol–water partition coefficient (Wildman–Crippen LogP) is 7.07. The molecule has 5 aromatic rings. The topological polar surface area (TPSA) is 102 Å². The van der Waals surface area contributed by atoms with Crippen LogP contribution in [0.1, 0.15) is 5.56 Å². The molecule has 2 N–H and O–H groups in total.